The maximum atomic E-state index is 11.7. The molecule has 2 rings (SSSR count). The van der Waals surface area contributed by atoms with Crippen LogP contribution in [0.5, 0.6) is 5.75 Å². The van der Waals surface area contributed by atoms with E-state index in [-0.39, 0.29) is 0 Å². The summed E-state index contributed by atoms with van der Waals surface area (Å²) in [6, 6.07) is 16.4. The minimum atomic E-state index is -0.407. The molecule has 0 unspecified atom stereocenters. The molecule has 0 heterocycles. The van der Waals surface area contributed by atoms with Gasteiger partial charge in [0.2, 0.25) is 0 Å². The average Bonchev–Trinajstić information content (AvgIpc) is 2.48. The molecule has 2 aromatic rings. The van der Waals surface area contributed by atoms with Gasteiger partial charge in [-0.3, -0.25) is 0 Å². The molecule has 0 aromatic heterocycles. The molecule has 0 fully saturated rings. The molecule has 0 aliphatic carbocycles. The summed E-state index contributed by atoms with van der Waals surface area (Å²) in [6.07, 6.45) is 0. The van der Waals surface area contributed by atoms with E-state index < -0.39 is 5.97 Å². The van der Waals surface area contributed by atoms with Gasteiger partial charge in [-0.15, -0.1) is 5.48 Å². The molecule has 4 heteroatoms. The number of hydrogen-bond acceptors (Lipinski definition) is 4. The van der Waals surface area contributed by atoms with Gasteiger partial charge in [-0.1, -0.05) is 36.4 Å². The Morgan fingerprint density at radius 2 is 1.74 bits per heavy atom. The van der Waals surface area contributed by atoms with Crippen molar-refractivity contribution in [3.8, 4) is 5.75 Å². The predicted octanol–water partition coefficient (Wildman–Crippen LogP) is 2.56. The Morgan fingerprint density at radius 1 is 1.05 bits per heavy atom. The molecule has 4 nitrogen and oxygen atoms in total. The maximum Gasteiger partial charge on any atom is 0.356 e. The molecule has 0 bridgehead atoms. The van der Waals surface area contributed by atoms with Crippen molar-refractivity contribution in [2.75, 3.05) is 7.11 Å². The third-order valence-electron chi connectivity index (χ3n) is 2.63. The third-order valence-corrected chi connectivity index (χ3v) is 2.63. The predicted molar refractivity (Wildman–Crippen MR) is 71.7 cm³/mol. The molecule has 98 valence electrons. The van der Waals surface area contributed by atoms with E-state index in [1.54, 1.807) is 31.4 Å². The van der Waals surface area contributed by atoms with Gasteiger partial charge < -0.3 is 9.57 Å². The van der Waals surface area contributed by atoms with Crippen LogP contribution in [0.1, 0.15) is 15.9 Å². The first-order valence-corrected chi connectivity index (χ1v) is 5.92. The van der Waals surface area contributed by atoms with Crippen LogP contribution in [0, 0.1) is 0 Å². The van der Waals surface area contributed by atoms with Crippen LogP contribution in [-0.4, -0.2) is 13.1 Å². The number of benzene rings is 2. The summed E-state index contributed by atoms with van der Waals surface area (Å²) in [5, 5.41) is 0. The van der Waals surface area contributed by atoms with Gasteiger partial charge in [-0.2, -0.15) is 0 Å². The summed E-state index contributed by atoms with van der Waals surface area (Å²) < 4.78 is 5.21. The second kappa shape index (κ2) is 6.56. The van der Waals surface area contributed by atoms with E-state index >= 15 is 0 Å². The zero-order chi connectivity index (χ0) is 13.5. The lowest BCUT2D eigenvalue weighted by molar-refractivity contribution is 0.0236. The molecule has 0 aliphatic rings. The van der Waals surface area contributed by atoms with E-state index in [0.717, 1.165) is 11.3 Å². The zero-order valence-electron chi connectivity index (χ0n) is 10.6. The summed E-state index contributed by atoms with van der Waals surface area (Å²) in [4.78, 5) is 16.7. The van der Waals surface area contributed by atoms with E-state index in [2.05, 4.69) is 5.48 Å². The van der Waals surface area contributed by atoms with Crippen molar-refractivity contribution >= 4 is 5.97 Å². The van der Waals surface area contributed by atoms with Crippen molar-refractivity contribution in [1.82, 2.24) is 5.48 Å². The van der Waals surface area contributed by atoms with Crippen molar-refractivity contribution in [2.45, 2.75) is 6.54 Å². The highest BCUT2D eigenvalue weighted by Crippen LogP contribution is 2.16. The molecule has 0 aliphatic heterocycles. The summed E-state index contributed by atoms with van der Waals surface area (Å²) in [6.45, 7) is 0.391. The van der Waals surface area contributed by atoms with E-state index in [9.17, 15) is 4.79 Å². The van der Waals surface area contributed by atoms with Gasteiger partial charge in [0.15, 0.2) is 0 Å². The fourth-order valence-electron chi connectivity index (χ4n) is 1.66. The van der Waals surface area contributed by atoms with E-state index in [4.69, 9.17) is 9.57 Å². The van der Waals surface area contributed by atoms with Crippen LogP contribution < -0.4 is 10.2 Å². The van der Waals surface area contributed by atoms with E-state index in [0.29, 0.717) is 12.1 Å². The highest BCUT2D eigenvalue weighted by molar-refractivity contribution is 5.89. The number of methoxy groups -OCH3 is 1. The zero-order valence-corrected chi connectivity index (χ0v) is 10.6. The third kappa shape index (κ3) is 3.56. The SMILES string of the molecule is COc1ccccc1CNOC(=O)c1ccccc1. The number of hydrogen-bond donors (Lipinski definition) is 1. The number of nitrogens with one attached hydrogen (secondary N) is 1. The van der Waals surface area contributed by atoms with Crippen molar-refractivity contribution < 1.29 is 14.4 Å². The summed E-state index contributed by atoms with van der Waals surface area (Å²) in [5.74, 6) is 0.348. The van der Waals surface area contributed by atoms with Crippen molar-refractivity contribution in [1.29, 1.82) is 0 Å². The number of hydroxylamine groups is 1. The van der Waals surface area contributed by atoms with Gasteiger partial charge in [0.05, 0.1) is 19.2 Å². The van der Waals surface area contributed by atoms with Gasteiger partial charge >= 0.3 is 5.97 Å². The number of carbonyl (C=O) groups is 1. The highest BCUT2D eigenvalue weighted by Gasteiger charge is 2.07. The Morgan fingerprint density at radius 3 is 2.47 bits per heavy atom. The van der Waals surface area contributed by atoms with Crippen LogP contribution >= 0.6 is 0 Å². The Kier molecular flexibility index (Phi) is 4.53. The van der Waals surface area contributed by atoms with Crippen LogP contribution in [0.3, 0.4) is 0 Å². The second-order valence-corrected chi connectivity index (χ2v) is 3.89. The number of para-hydroxylation sites is 1. The Balaban J connectivity index is 1.88. The molecule has 0 atom stereocenters. The highest BCUT2D eigenvalue weighted by atomic mass is 16.7. The molecule has 19 heavy (non-hydrogen) atoms. The largest absolute Gasteiger partial charge is 0.496 e. The first-order valence-electron chi connectivity index (χ1n) is 5.92. The lowest BCUT2D eigenvalue weighted by atomic mass is 10.2. The van der Waals surface area contributed by atoms with Crippen molar-refractivity contribution in [3.63, 3.8) is 0 Å². The van der Waals surface area contributed by atoms with Gasteiger partial charge in [0, 0.05) is 5.56 Å². The lowest BCUT2D eigenvalue weighted by Gasteiger charge is -2.09. The van der Waals surface area contributed by atoms with E-state index in [1.165, 1.54) is 0 Å². The lowest BCUT2D eigenvalue weighted by Crippen LogP contribution is -2.19. The van der Waals surface area contributed by atoms with Gasteiger partial charge in [-0.25, -0.2) is 4.79 Å². The minimum absolute atomic E-state index is 0.391. The Labute approximate surface area is 111 Å². The average molecular weight is 257 g/mol. The summed E-state index contributed by atoms with van der Waals surface area (Å²) in [5.41, 5.74) is 4.08. The topological polar surface area (TPSA) is 47.6 Å². The standard InChI is InChI=1S/C15H15NO3/c1-18-14-10-6-5-9-13(14)11-16-19-15(17)12-7-3-2-4-8-12/h2-10,16H,11H2,1H3. The fourth-order valence-corrected chi connectivity index (χ4v) is 1.66. The normalized spacial score (nSPS) is 9.95. The van der Waals surface area contributed by atoms with Crippen LogP contribution in [0.15, 0.2) is 54.6 Å². The van der Waals surface area contributed by atoms with Crippen molar-refractivity contribution in [3.05, 3.63) is 65.7 Å². The first kappa shape index (κ1) is 13.1. The molecular formula is C15H15NO3. The summed E-state index contributed by atoms with van der Waals surface area (Å²) in [7, 11) is 1.61. The number of rotatable bonds is 5. The molecule has 0 radical (unpaired) electrons. The monoisotopic (exact) mass is 257 g/mol. The van der Waals surface area contributed by atoms with Gasteiger partial charge in [0.25, 0.3) is 0 Å². The van der Waals surface area contributed by atoms with Gasteiger partial charge in [-0.05, 0) is 18.2 Å². The minimum Gasteiger partial charge on any atom is -0.496 e. The molecule has 1 N–H and O–H groups in total. The van der Waals surface area contributed by atoms with Gasteiger partial charge in [0.1, 0.15) is 5.75 Å². The molecule has 0 spiro atoms. The Hall–Kier alpha value is -2.33. The number of carbonyl (C=O) groups excluding carboxylic acids is 1. The second-order valence-electron chi connectivity index (χ2n) is 3.89. The smallest absolute Gasteiger partial charge is 0.356 e. The molecule has 0 saturated carbocycles. The van der Waals surface area contributed by atoms with Crippen molar-refractivity contribution in [2.24, 2.45) is 0 Å². The molecular weight excluding hydrogens is 242 g/mol. The van der Waals surface area contributed by atoms with E-state index in [1.807, 2.05) is 30.3 Å². The Bertz CT molecular complexity index is 540. The van der Waals surface area contributed by atoms with Crippen LogP contribution in [-0.2, 0) is 11.4 Å². The quantitative estimate of drug-likeness (QED) is 0.836. The molecule has 0 amide bonds. The van der Waals surface area contributed by atoms with Crippen LogP contribution in [0.4, 0.5) is 0 Å². The first-order chi connectivity index (χ1) is 9.31. The number of ether oxygens (including phenoxy) is 1. The summed E-state index contributed by atoms with van der Waals surface area (Å²) >= 11 is 0. The van der Waals surface area contributed by atoms with Crippen LogP contribution in [0.25, 0.3) is 0 Å². The van der Waals surface area contributed by atoms with Crippen LogP contribution in [0.2, 0.25) is 0 Å². The fraction of sp³-hybridized carbons (Fsp3) is 0.133. The molecule has 2 aromatic carbocycles. The maximum absolute atomic E-state index is 11.7. The molecule has 0 saturated heterocycles.